The number of carbonyl (C=O) groups is 1. The van der Waals surface area contributed by atoms with Gasteiger partial charge in [0.2, 0.25) is 0 Å². The second-order valence-electron chi connectivity index (χ2n) is 5.85. The van der Waals surface area contributed by atoms with Crippen LogP contribution in [0.1, 0.15) is 41.2 Å². The third-order valence-electron chi connectivity index (χ3n) is 4.07. The molecule has 0 aliphatic heterocycles. The molecule has 2 aromatic rings. The Morgan fingerprint density at radius 1 is 1.11 bits per heavy atom. The van der Waals surface area contributed by atoms with Crippen LogP contribution in [-0.4, -0.2) is 37.2 Å². The number of amides is 1. The standard InChI is InChI=1S/C19H26BrN5O2.HI/c1-4-16-15(17(5-2)27-25-16)12-24-19(21-3)23-11-10-22-18(26)13-6-8-14(20)9-7-13;/h6-9H,4-5,10-12H2,1-3H3,(H,22,26)(H2,21,23,24);1H. The topological polar surface area (TPSA) is 91.6 Å². The molecular weight excluding hydrogens is 537 g/mol. The Kier molecular flexibility index (Phi) is 11.1. The SMILES string of the molecule is CCc1noc(CC)c1CNC(=NC)NCCNC(=O)c1ccc(Br)cc1.I. The summed E-state index contributed by atoms with van der Waals surface area (Å²) in [6, 6.07) is 7.25. The number of aryl methyl sites for hydroxylation is 2. The van der Waals surface area contributed by atoms with Crippen LogP contribution >= 0.6 is 39.9 Å². The number of nitrogens with one attached hydrogen (secondary N) is 3. The van der Waals surface area contributed by atoms with Crippen LogP contribution in [0.15, 0.2) is 38.3 Å². The van der Waals surface area contributed by atoms with Crippen molar-refractivity contribution in [1.29, 1.82) is 0 Å². The molecule has 0 unspecified atom stereocenters. The first-order chi connectivity index (χ1) is 13.1. The highest BCUT2D eigenvalue weighted by molar-refractivity contribution is 14.0. The Balaban J connectivity index is 0.00000392. The summed E-state index contributed by atoms with van der Waals surface area (Å²) in [5.41, 5.74) is 2.69. The van der Waals surface area contributed by atoms with Crippen molar-refractivity contribution in [2.75, 3.05) is 20.1 Å². The Morgan fingerprint density at radius 2 is 1.79 bits per heavy atom. The number of carbonyl (C=O) groups excluding carboxylic acids is 1. The van der Waals surface area contributed by atoms with E-state index in [9.17, 15) is 4.79 Å². The van der Waals surface area contributed by atoms with Gasteiger partial charge < -0.3 is 20.5 Å². The second kappa shape index (κ2) is 12.8. The molecule has 1 aromatic heterocycles. The molecule has 0 aliphatic carbocycles. The number of rotatable bonds is 8. The molecule has 2 rings (SSSR count). The number of benzene rings is 1. The van der Waals surface area contributed by atoms with Crippen molar-refractivity contribution in [2.24, 2.45) is 4.99 Å². The van der Waals surface area contributed by atoms with Gasteiger partial charge in [-0.25, -0.2) is 0 Å². The molecule has 1 amide bonds. The average molecular weight is 564 g/mol. The lowest BCUT2D eigenvalue weighted by Gasteiger charge is -2.12. The zero-order chi connectivity index (χ0) is 19.6. The van der Waals surface area contributed by atoms with E-state index in [1.54, 1.807) is 19.2 Å². The van der Waals surface area contributed by atoms with E-state index in [2.05, 4.69) is 49.0 Å². The monoisotopic (exact) mass is 563 g/mol. The number of halogens is 2. The van der Waals surface area contributed by atoms with Gasteiger partial charge in [0, 0.05) is 48.7 Å². The van der Waals surface area contributed by atoms with Gasteiger partial charge >= 0.3 is 0 Å². The summed E-state index contributed by atoms with van der Waals surface area (Å²) < 4.78 is 6.32. The summed E-state index contributed by atoms with van der Waals surface area (Å²) in [6.45, 7) is 5.75. The highest BCUT2D eigenvalue weighted by Gasteiger charge is 2.13. The lowest BCUT2D eigenvalue weighted by molar-refractivity contribution is 0.0954. The van der Waals surface area contributed by atoms with Crippen molar-refractivity contribution in [3.8, 4) is 0 Å². The molecule has 1 aromatic carbocycles. The summed E-state index contributed by atoms with van der Waals surface area (Å²) in [5, 5.41) is 13.4. The number of hydrogen-bond acceptors (Lipinski definition) is 4. The Labute approximate surface area is 191 Å². The zero-order valence-electron chi connectivity index (χ0n) is 16.3. The molecule has 0 fully saturated rings. The van der Waals surface area contributed by atoms with Crippen LogP contribution in [0.25, 0.3) is 0 Å². The normalized spacial score (nSPS) is 10.9. The molecule has 1 heterocycles. The van der Waals surface area contributed by atoms with E-state index >= 15 is 0 Å². The summed E-state index contributed by atoms with van der Waals surface area (Å²) in [5.74, 6) is 1.46. The van der Waals surface area contributed by atoms with Crippen molar-refractivity contribution < 1.29 is 9.32 Å². The second-order valence-corrected chi connectivity index (χ2v) is 6.77. The fraction of sp³-hybridized carbons (Fsp3) is 0.421. The quantitative estimate of drug-likeness (QED) is 0.198. The summed E-state index contributed by atoms with van der Waals surface area (Å²) in [4.78, 5) is 16.3. The molecule has 0 aliphatic rings. The zero-order valence-corrected chi connectivity index (χ0v) is 20.3. The molecule has 3 N–H and O–H groups in total. The number of guanidine groups is 1. The van der Waals surface area contributed by atoms with Crippen LogP contribution in [0.4, 0.5) is 0 Å². The van der Waals surface area contributed by atoms with E-state index in [1.807, 2.05) is 19.1 Å². The molecule has 0 saturated carbocycles. The van der Waals surface area contributed by atoms with Crippen LogP contribution in [0.3, 0.4) is 0 Å². The molecular formula is C19H27BrIN5O2. The maximum absolute atomic E-state index is 12.1. The van der Waals surface area contributed by atoms with E-state index in [0.29, 0.717) is 31.2 Å². The minimum atomic E-state index is -0.100. The van der Waals surface area contributed by atoms with E-state index < -0.39 is 0 Å². The highest BCUT2D eigenvalue weighted by Crippen LogP contribution is 2.15. The molecule has 0 atom stereocenters. The molecule has 154 valence electrons. The van der Waals surface area contributed by atoms with Crippen LogP contribution in [0.5, 0.6) is 0 Å². The molecule has 0 saturated heterocycles. The van der Waals surface area contributed by atoms with Crippen LogP contribution in [0.2, 0.25) is 0 Å². The van der Waals surface area contributed by atoms with Gasteiger partial charge in [-0.2, -0.15) is 0 Å². The number of aliphatic imine (C=N–C) groups is 1. The smallest absolute Gasteiger partial charge is 0.251 e. The predicted molar refractivity (Wildman–Crippen MR) is 125 cm³/mol. The van der Waals surface area contributed by atoms with Gasteiger partial charge in [-0.1, -0.05) is 34.9 Å². The molecule has 0 radical (unpaired) electrons. The van der Waals surface area contributed by atoms with Crippen molar-refractivity contribution in [2.45, 2.75) is 33.2 Å². The van der Waals surface area contributed by atoms with Crippen LogP contribution < -0.4 is 16.0 Å². The number of hydrogen-bond donors (Lipinski definition) is 3. The third kappa shape index (κ3) is 7.08. The van der Waals surface area contributed by atoms with Gasteiger partial charge in [-0.15, -0.1) is 24.0 Å². The fourth-order valence-corrected chi connectivity index (χ4v) is 2.86. The van der Waals surface area contributed by atoms with E-state index in [0.717, 1.165) is 34.3 Å². The van der Waals surface area contributed by atoms with Gasteiger partial charge in [-0.3, -0.25) is 9.79 Å². The van der Waals surface area contributed by atoms with Crippen molar-refractivity contribution in [3.63, 3.8) is 0 Å². The van der Waals surface area contributed by atoms with Crippen molar-refractivity contribution >= 4 is 51.8 Å². The number of nitrogens with zero attached hydrogens (tertiary/aromatic N) is 2. The Hall–Kier alpha value is -1.62. The predicted octanol–water partition coefficient (Wildman–Crippen LogP) is 3.27. The first kappa shape index (κ1) is 24.4. The van der Waals surface area contributed by atoms with Crippen molar-refractivity contribution in [1.82, 2.24) is 21.1 Å². The molecule has 0 spiro atoms. The van der Waals surface area contributed by atoms with Crippen molar-refractivity contribution in [3.05, 3.63) is 51.3 Å². The van der Waals surface area contributed by atoms with E-state index in [4.69, 9.17) is 4.52 Å². The molecule has 28 heavy (non-hydrogen) atoms. The van der Waals surface area contributed by atoms with Gasteiger partial charge in [0.15, 0.2) is 5.96 Å². The Bertz CT molecular complexity index is 756. The lowest BCUT2D eigenvalue weighted by Crippen LogP contribution is -2.41. The molecule has 7 nitrogen and oxygen atoms in total. The van der Waals surface area contributed by atoms with Gasteiger partial charge in [0.25, 0.3) is 5.91 Å². The summed E-state index contributed by atoms with van der Waals surface area (Å²) in [6.07, 6.45) is 1.63. The van der Waals surface area contributed by atoms with E-state index in [-0.39, 0.29) is 29.9 Å². The Morgan fingerprint density at radius 3 is 2.39 bits per heavy atom. The maximum atomic E-state index is 12.1. The largest absolute Gasteiger partial charge is 0.361 e. The maximum Gasteiger partial charge on any atom is 0.251 e. The van der Waals surface area contributed by atoms with Crippen LogP contribution in [-0.2, 0) is 19.4 Å². The first-order valence-electron chi connectivity index (χ1n) is 9.03. The summed E-state index contributed by atoms with van der Waals surface area (Å²) >= 11 is 3.36. The first-order valence-corrected chi connectivity index (χ1v) is 9.82. The van der Waals surface area contributed by atoms with Crippen LogP contribution in [0, 0.1) is 0 Å². The van der Waals surface area contributed by atoms with E-state index in [1.165, 1.54) is 0 Å². The average Bonchev–Trinajstić information content (AvgIpc) is 3.09. The van der Waals surface area contributed by atoms with Gasteiger partial charge in [0.05, 0.1) is 5.69 Å². The fourth-order valence-electron chi connectivity index (χ4n) is 2.59. The molecule has 0 bridgehead atoms. The number of aromatic nitrogens is 1. The highest BCUT2D eigenvalue weighted by atomic mass is 127. The lowest BCUT2D eigenvalue weighted by atomic mass is 10.1. The van der Waals surface area contributed by atoms with Gasteiger partial charge in [0.1, 0.15) is 5.76 Å². The molecule has 9 heteroatoms. The third-order valence-corrected chi connectivity index (χ3v) is 4.60. The minimum Gasteiger partial charge on any atom is -0.361 e. The minimum absolute atomic E-state index is 0. The van der Waals surface area contributed by atoms with Gasteiger partial charge in [-0.05, 0) is 30.7 Å². The summed E-state index contributed by atoms with van der Waals surface area (Å²) in [7, 11) is 1.71.